The fourth-order valence-corrected chi connectivity index (χ4v) is 1.96. The minimum atomic E-state index is -1.07. The second kappa shape index (κ2) is 7.73. The third-order valence-electron chi connectivity index (χ3n) is 2.72. The molecule has 0 heterocycles. The number of urea groups is 1. The highest BCUT2D eigenvalue weighted by molar-refractivity contribution is 6.31. The van der Waals surface area contributed by atoms with Gasteiger partial charge in [0, 0.05) is 5.02 Å². The lowest BCUT2D eigenvalue weighted by atomic mass is 10.0. The van der Waals surface area contributed by atoms with E-state index in [-0.39, 0.29) is 5.92 Å². The maximum atomic E-state index is 11.9. The molecule has 21 heavy (non-hydrogen) atoms. The summed E-state index contributed by atoms with van der Waals surface area (Å²) in [7, 11) is 1.46. The van der Waals surface area contributed by atoms with Gasteiger partial charge in [0.25, 0.3) is 0 Å². The van der Waals surface area contributed by atoms with Crippen LogP contribution in [0, 0.1) is 5.92 Å². The topological polar surface area (TPSA) is 87.7 Å². The van der Waals surface area contributed by atoms with Crippen LogP contribution in [-0.4, -0.2) is 30.3 Å². The zero-order chi connectivity index (χ0) is 16.0. The van der Waals surface area contributed by atoms with Gasteiger partial charge in [-0.25, -0.2) is 9.59 Å². The van der Waals surface area contributed by atoms with Crippen molar-refractivity contribution in [3.05, 3.63) is 23.2 Å². The molecule has 1 aromatic carbocycles. The number of carboxylic acid groups (broad SMARTS) is 1. The van der Waals surface area contributed by atoms with Gasteiger partial charge in [0.2, 0.25) is 0 Å². The van der Waals surface area contributed by atoms with Crippen molar-refractivity contribution in [3.8, 4) is 5.75 Å². The first-order valence-electron chi connectivity index (χ1n) is 6.47. The summed E-state index contributed by atoms with van der Waals surface area (Å²) in [5, 5.41) is 14.5. The SMILES string of the molecule is COc1ccc(Cl)cc1NC(=O)N[C@@H](CC(C)C)C(=O)O. The number of carbonyl (C=O) groups is 2. The second-order valence-electron chi connectivity index (χ2n) is 4.96. The Morgan fingerprint density at radius 2 is 2.05 bits per heavy atom. The molecule has 3 N–H and O–H groups in total. The van der Waals surface area contributed by atoms with Crippen LogP contribution in [-0.2, 0) is 4.79 Å². The number of halogens is 1. The van der Waals surface area contributed by atoms with Crippen molar-refractivity contribution in [2.45, 2.75) is 26.3 Å². The first-order chi connectivity index (χ1) is 9.83. The van der Waals surface area contributed by atoms with E-state index in [9.17, 15) is 9.59 Å². The van der Waals surface area contributed by atoms with Crippen LogP contribution in [0.25, 0.3) is 0 Å². The molecule has 0 radical (unpaired) electrons. The largest absolute Gasteiger partial charge is 0.495 e. The Morgan fingerprint density at radius 1 is 1.38 bits per heavy atom. The number of rotatable bonds is 6. The Balaban J connectivity index is 2.76. The van der Waals surface area contributed by atoms with Gasteiger partial charge >= 0.3 is 12.0 Å². The zero-order valence-electron chi connectivity index (χ0n) is 12.1. The summed E-state index contributed by atoms with van der Waals surface area (Å²) in [6.45, 7) is 3.77. The second-order valence-corrected chi connectivity index (χ2v) is 5.40. The number of carbonyl (C=O) groups excluding carboxylic acids is 1. The average Bonchev–Trinajstić information content (AvgIpc) is 2.37. The van der Waals surface area contributed by atoms with Crippen molar-refractivity contribution >= 4 is 29.3 Å². The van der Waals surface area contributed by atoms with E-state index >= 15 is 0 Å². The van der Waals surface area contributed by atoms with Crippen LogP contribution in [0.5, 0.6) is 5.75 Å². The highest BCUT2D eigenvalue weighted by Gasteiger charge is 2.21. The number of hydrogen-bond donors (Lipinski definition) is 3. The quantitative estimate of drug-likeness (QED) is 0.753. The maximum Gasteiger partial charge on any atom is 0.326 e. The molecule has 0 aliphatic heterocycles. The van der Waals surface area contributed by atoms with Crippen molar-refractivity contribution in [3.63, 3.8) is 0 Å². The summed E-state index contributed by atoms with van der Waals surface area (Å²) >= 11 is 5.86. The number of amides is 2. The molecular weight excluding hydrogens is 296 g/mol. The Bertz CT molecular complexity index is 520. The lowest BCUT2D eigenvalue weighted by molar-refractivity contribution is -0.139. The first kappa shape index (κ1) is 17.1. The average molecular weight is 315 g/mol. The van der Waals surface area contributed by atoms with Gasteiger partial charge in [-0.2, -0.15) is 0 Å². The number of aliphatic carboxylic acids is 1. The minimum absolute atomic E-state index is 0.145. The van der Waals surface area contributed by atoms with Gasteiger partial charge in [-0.1, -0.05) is 25.4 Å². The van der Waals surface area contributed by atoms with E-state index < -0.39 is 18.0 Å². The molecule has 6 nitrogen and oxygen atoms in total. The predicted octanol–water partition coefficient (Wildman–Crippen LogP) is 2.97. The number of ether oxygens (including phenoxy) is 1. The van der Waals surface area contributed by atoms with E-state index in [1.54, 1.807) is 12.1 Å². The first-order valence-corrected chi connectivity index (χ1v) is 6.85. The number of carboxylic acids is 1. The van der Waals surface area contributed by atoms with E-state index in [1.165, 1.54) is 13.2 Å². The standard InChI is InChI=1S/C14H19ClN2O4/c1-8(2)6-11(13(18)19)17-14(20)16-10-7-9(15)4-5-12(10)21-3/h4-5,7-8,11H,6H2,1-3H3,(H,18,19)(H2,16,17,20)/t11-/m0/s1. The van der Waals surface area contributed by atoms with Gasteiger partial charge in [0.15, 0.2) is 0 Å². The molecule has 1 aromatic rings. The Kier molecular flexibility index (Phi) is 6.30. The van der Waals surface area contributed by atoms with Crippen LogP contribution in [0.15, 0.2) is 18.2 Å². The zero-order valence-corrected chi connectivity index (χ0v) is 12.9. The van der Waals surface area contributed by atoms with Crippen LogP contribution in [0.3, 0.4) is 0 Å². The molecule has 1 rings (SSSR count). The third kappa shape index (κ3) is 5.51. The number of nitrogens with one attached hydrogen (secondary N) is 2. The summed E-state index contributed by atoms with van der Waals surface area (Å²) in [4.78, 5) is 23.0. The number of anilines is 1. The number of hydrogen-bond acceptors (Lipinski definition) is 3. The molecular formula is C14H19ClN2O4. The fraction of sp³-hybridized carbons (Fsp3) is 0.429. The number of benzene rings is 1. The molecule has 1 atom stereocenters. The minimum Gasteiger partial charge on any atom is -0.495 e. The van der Waals surface area contributed by atoms with Crippen LogP contribution in [0.2, 0.25) is 5.02 Å². The Hall–Kier alpha value is -1.95. The van der Waals surface area contributed by atoms with E-state index in [4.69, 9.17) is 21.4 Å². The molecule has 0 saturated heterocycles. The maximum absolute atomic E-state index is 11.9. The molecule has 0 fully saturated rings. The molecule has 0 aliphatic rings. The smallest absolute Gasteiger partial charge is 0.326 e. The Morgan fingerprint density at radius 3 is 2.57 bits per heavy atom. The summed E-state index contributed by atoms with van der Waals surface area (Å²) < 4.78 is 5.10. The summed E-state index contributed by atoms with van der Waals surface area (Å²) in [6.07, 6.45) is 0.343. The van der Waals surface area contributed by atoms with E-state index in [2.05, 4.69) is 10.6 Å². The van der Waals surface area contributed by atoms with Crippen molar-refractivity contribution in [2.24, 2.45) is 5.92 Å². The normalized spacial score (nSPS) is 11.9. The van der Waals surface area contributed by atoms with Gasteiger partial charge in [-0.05, 0) is 30.5 Å². The van der Waals surface area contributed by atoms with Gasteiger partial charge in [-0.3, -0.25) is 0 Å². The molecule has 7 heteroatoms. The van der Waals surface area contributed by atoms with Gasteiger partial charge < -0.3 is 20.5 Å². The molecule has 0 spiro atoms. The Labute approximate surface area is 128 Å². The van der Waals surface area contributed by atoms with Crippen molar-refractivity contribution < 1.29 is 19.4 Å². The molecule has 0 aromatic heterocycles. The van der Waals surface area contributed by atoms with Gasteiger partial charge in [0.05, 0.1) is 12.8 Å². The fourth-order valence-electron chi connectivity index (χ4n) is 1.79. The number of methoxy groups -OCH3 is 1. The van der Waals surface area contributed by atoms with Crippen LogP contribution < -0.4 is 15.4 Å². The lowest BCUT2D eigenvalue weighted by Gasteiger charge is -2.17. The molecule has 0 bridgehead atoms. The summed E-state index contributed by atoms with van der Waals surface area (Å²) in [5.41, 5.74) is 0.371. The van der Waals surface area contributed by atoms with Crippen LogP contribution >= 0.6 is 11.6 Å². The molecule has 0 unspecified atom stereocenters. The van der Waals surface area contributed by atoms with E-state index in [1.807, 2.05) is 13.8 Å². The van der Waals surface area contributed by atoms with E-state index in [0.29, 0.717) is 22.9 Å². The van der Waals surface area contributed by atoms with E-state index in [0.717, 1.165) is 0 Å². The van der Waals surface area contributed by atoms with Crippen molar-refractivity contribution in [1.29, 1.82) is 0 Å². The van der Waals surface area contributed by atoms with Crippen LogP contribution in [0.1, 0.15) is 20.3 Å². The van der Waals surface area contributed by atoms with Gasteiger partial charge in [-0.15, -0.1) is 0 Å². The van der Waals surface area contributed by atoms with Crippen molar-refractivity contribution in [2.75, 3.05) is 12.4 Å². The predicted molar refractivity (Wildman–Crippen MR) is 81.0 cm³/mol. The monoisotopic (exact) mass is 314 g/mol. The highest BCUT2D eigenvalue weighted by Crippen LogP contribution is 2.27. The molecule has 2 amide bonds. The lowest BCUT2D eigenvalue weighted by Crippen LogP contribution is -2.43. The molecule has 0 aliphatic carbocycles. The van der Waals surface area contributed by atoms with Crippen molar-refractivity contribution in [1.82, 2.24) is 5.32 Å². The molecule has 116 valence electrons. The third-order valence-corrected chi connectivity index (χ3v) is 2.96. The highest BCUT2D eigenvalue weighted by atomic mass is 35.5. The molecule has 0 saturated carbocycles. The summed E-state index contributed by atoms with van der Waals surface area (Å²) in [6, 6.07) is 3.19. The summed E-state index contributed by atoms with van der Waals surface area (Å²) in [5.74, 6) is -0.491. The van der Waals surface area contributed by atoms with Gasteiger partial charge in [0.1, 0.15) is 11.8 Å². The van der Waals surface area contributed by atoms with Crippen LogP contribution in [0.4, 0.5) is 10.5 Å².